The summed E-state index contributed by atoms with van der Waals surface area (Å²) >= 11 is 4.35. The van der Waals surface area contributed by atoms with Crippen LogP contribution in [0.1, 0.15) is 129 Å². The van der Waals surface area contributed by atoms with E-state index >= 15 is 0 Å². The minimum Gasteiger partial charge on any atom is -0.356 e. The van der Waals surface area contributed by atoms with Gasteiger partial charge in [0.05, 0.1) is 0 Å². The lowest BCUT2D eigenvalue weighted by atomic mass is 9.83. The summed E-state index contributed by atoms with van der Waals surface area (Å²) in [5.74, 6) is 1.81. The number of hydrogen-bond acceptors (Lipinski definition) is 3. The topological polar surface area (TPSA) is 58.2 Å². The molecule has 0 heterocycles. The Bertz CT molecular complexity index is 530. The molecule has 3 atom stereocenters. The van der Waals surface area contributed by atoms with E-state index < -0.39 is 0 Å². The second-order valence-electron chi connectivity index (χ2n) is 12.2. The molecule has 206 valence electrons. The molecule has 0 spiro atoms. The Labute approximate surface area is 220 Å². The minimum atomic E-state index is 0. The predicted molar refractivity (Wildman–Crippen MR) is 156 cm³/mol. The average Bonchev–Trinajstić information content (AvgIpc) is 2.67. The van der Waals surface area contributed by atoms with E-state index in [2.05, 4.69) is 92.5 Å². The summed E-state index contributed by atoms with van der Waals surface area (Å²) in [6, 6.07) is 0. The number of nitrogens with one attached hydrogen (secondary N) is 2. The van der Waals surface area contributed by atoms with Crippen molar-refractivity contribution < 1.29 is 9.59 Å². The van der Waals surface area contributed by atoms with Crippen molar-refractivity contribution >= 4 is 24.4 Å². The molecule has 0 saturated carbocycles. The zero-order valence-electron chi connectivity index (χ0n) is 23.9. The van der Waals surface area contributed by atoms with E-state index in [9.17, 15) is 9.59 Å². The fraction of sp³-hybridized carbons (Fsp3) is 0.931. The highest BCUT2D eigenvalue weighted by atomic mass is 32.1. The Morgan fingerprint density at radius 2 is 1.35 bits per heavy atom. The summed E-state index contributed by atoms with van der Waals surface area (Å²) in [6.07, 6.45) is 7.50. The maximum Gasteiger partial charge on any atom is 0.222 e. The van der Waals surface area contributed by atoms with Gasteiger partial charge in [0, 0.05) is 25.4 Å². The third kappa shape index (κ3) is 23.1. The standard InChI is InChI=1S/C18H37NO.C10H21NOS.CH4/c1-8-9-10-15(4)11-16(5)17(20)19-13-18(6,7)12-14(2)3;1-5-9(12)11-7-10(3,4)6-8(2)13;/h14-16H,8-13H2,1-7H3,(H,19,20);8,13H,5-7H2,1-4H3,(H,11,12);1H4. The number of unbranched alkanes of at least 4 members (excludes halogenated alkanes) is 1. The normalized spacial score (nSPS) is 14.3. The molecule has 5 heteroatoms. The summed E-state index contributed by atoms with van der Waals surface area (Å²) in [5.41, 5.74) is 0.337. The SMILES string of the molecule is C.CCC(=O)NCC(C)(C)CC(C)S.CCCCC(C)CC(C)C(=O)NCC(C)(C)CC(C)C. The summed E-state index contributed by atoms with van der Waals surface area (Å²) < 4.78 is 0. The lowest BCUT2D eigenvalue weighted by molar-refractivity contribution is -0.125. The number of rotatable bonds is 15. The Balaban J connectivity index is -0.000000598. The lowest BCUT2D eigenvalue weighted by Gasteiger charge is -2.28. The van der Waals surface area contributed by atoms with Gasteiger partial charge >= 0.3 is 0 Å². The van der Waals surface area contributed by atoms with Gasteiger partial charge in [0.1, 0.15) is 0 Å². The minimum absolute atomic E-state index is 0. The molecule has 0 aliphatic heterocycles. The Hall–Kier alpha value is -0.710. The van der Waals surface area contributed by atoms with Crippen LogP contribution in [0.25, 0.3) is 0 Å². The molecule has 0 bridgehead atoms. The molecule has 0 aromatic carbocycles. The number of thiol groups is 1. The van der Waals surface area contributed by atoms with Crippen LogP contribution in [-0.2, 0) is 9.59 Å². The number of carbonyl (C=O) groups is 2. The number of carbonyl (C=O) groups excluding carboxylic acids is 2. The van der Waals surface area contributed by atoms with Crippen LogP contribution in [0.4, 0.5) is 0 Å². The monoisotopic (exact) mass is 502 g/mol. The quantitative estimate of drug-likeness (QED) is 0.199. The zero-order valence-corrected chi connectivity index (χ0v) is 24.8. The molecule has 0 radical (unpaired) electrons. The van der Waals surface area contributed by atoms with E-state index in [-0.39, 0.29) is 36.0 Å². The van der Waals surface area contributed by atoms with Crippen LogP contribution in [0.15, 0.2) is 0 Å². The highest BCUT2D eigenvalue weighted by molar-refractivity contribution is 7.80. The second-order valence-corrected chi connectivity index (χ2v) is 13.1. The van der Waals surface area contributed by atoms with Crippen molar-refractivity contribution in [2.24, 2.45) is 28.6 Å². The number of amides is 2. The largest absolute Gasteiger partial charge is 0.356 e. The van der Waals surface area contributed by atoms with Crippen LogP contribution in [0.5, 0.6) is 0 Å². The van der Waals surface area contributed by atoms with Crippen LogP contribution < -0.4 is 10.6 Å². The molecule has 3 unspecified atom stereocenters. The van der Waals surface area contributed by atoms with Crippen LogP contribution >= 0.6 is 12.6 Å². The molecule has 0 aliphatic rings. The average molecular weight is 503 g/mol. The van der Waals surface area contributed by atoms with E-state index in [0.717, 1.165) is 32.4 Å². The van der Waals surface area contributed by atoms with Gasteiger partial charge < -0.3 is 10.6 Å². The van der Waals surface area contributed by atoms with Gasteiger partial charge in [-0.15, -0.1) is 0 Å². The third-order valence-electron chi connectivity index (χ3n) is 5.89. The van der Waals surface area contributed by atoms with Crippen molar-refractivity contribution in [3.63, 3.8) is 0 Å². The van der Waals surface area contributed by atoms with E-state index in [1.165, 1.54) is 19.3 Å². The zero-order chi connectivity index (χ0) is 26.2. The van der Waals surface area contributed by atoms with Crippen LogP contribution in [0.2, 0.25) is 0 Å². The van der Waals surface area contributed by atoms with E-state index in [4.69, 9.17) is 0 Å². The fourth-order valence-electron chi connectivity index (χ4n) is 4.39. The Morgan fingerprint density at radius 3 is 1.79 bits per heavy atom. The van der Waals surface area contributed by atoms with Crippen molar-refractivity contribution in [2.75, 3.05) is 13.1 Å². The van der Waals surface area contributed by atoms with Crippen LogP contribution in [-0.4, -0.2) is 30.2 Å². The molecule has 0 rings (SSSR count). The van der Waals surface area contributed by atoms with Crippen molar-refractivity contribution in [1.29, 1.82) is 0 Å². The molecule has 0 aromatic heterocycles. The Kier molecular flexibility index (Phi) is 21.7. The summed E-state index contributed by atoms with van der Waals surface area (Å²) in [5, 5.41) is 6.44. The first-order chi connectivity index (χ1) is 15.0. The van der Waals surface area contributed by atoms with Gasteiger partial charge in [-0.3, -0.25) is 9.59 Å². The first-order valence-corrected chi connectivity index (χ1v) is 13.8. The second kappa shape index (κ2) is 19.5. The van der Waals surface area contributed by atoms with E-state index in [0.29, 0.717) is 23.5 Å². The molecular weight excluding hydrogens is 440 g/mol. The highest BCUT2D eigenvalue weighted by Gasteiger charge is 2.23. The molecule has 0 fully saturated rings. The van der Waals surface area contributed by atoms with Crippen molar-refractivity contribution in [3.8, 4) is 0 Å². The van der Waals surface area contributed by atoms with Crippen LogP contribution in [0, 0.1) is 28.6 Å². The van der Waals surface area contributed by atoms with Gasteiger partial charge in [0.25, 0.3) is 0 Å². The van der Waals surface area contributed by atoms with Gasteiger partial charge in [0.15, 0.2) is 0 Å². The van der Waals surface area contributed by atoms with Gasteiger partial charge in [-0.05, 0) is 47.2 Å². The lowest BCUT2D eigenvalue weighted by Crippen LogP contribution is -2.37. The highest BCUT2D eigenvalue weighted by Crippen LogP contribution is 2.25. The molecule has 34 heavy (non-hydrogen) atoms. The third-order valence-corrected chi connectivity index (χ3v) is 6.07. The van der Waals surface area contributed by atoms with Gasteiger partial charge in [-0.25, -0.2) is 0 Å². The maximum absolute atomic E-state index is 12.2. The summed E-state index contributed by atoms with van der Waals surface area (Å²) in [6.45, 7) is 25.3. The maximum atomic E-state index is 12.2. The molecule has 0 aliphatic carbocycles. The van der Waals surface area contributed by atoms with E-state index in [1.54, 1.807) is 0 Å². The molecular formula is C29H62N2O2S. The molecule has 4 nitrogen and oxygen atoms in total. The van der Waals surface area contributed by atoms with Crippen molar-refractivity contribution in [3.05, 3.63) is 0 Å². The van der Waals surface area contributed by atoms with Crippen molar-refractivity contribution in [1.82, 2.24) is 10.6 Å². The Morgan fingerprint density at radius 1 is 0.853 bits per heavy atom. The molecule has 0 saturated heterocycles. The molecule has 0 aromatic rings. The first kappa shape index (κ1) is 37.8. The van der Waals surface area contributed by atoms with Crippen molar-refractivity contribution in [2.45, 2.75) is 134 Å². The van der Waals surface area contributed by atoms with Crippen LogP contribution in [0.3, 0.4) is 0 Å². The summed E-state index contributed by atoms with van der Waals surface area (Å²) in [4.78, 5) is 23.2. The number of hydrogen-bond donors (Lipinski definition) is 3. The first-order valence-electron chi connectivity index (χ1n) is 13.3. The van der Waals surface area contributed by atoms with Gasteiger partial charge in [-0.1, -0.05) is 103 Å². The van der Waals surface area contributed by atoms with E-state index in [1.807, 2.05) is 6.92 Å². The summed E-state index contributed by atoms with van der Waals surface area (Å²) in [7, 11) is 0. The smallest absolute Gasteiger partial charge is 0.222 e. The van der Waals surface area contributed by atoms with Gasteiger partial charge in [0.2, 0.25) is 11.8 Å². The predicted octanol–water partition coefficient (Wildman–Crippen LogP) is 7.91. The fourth-order valence-corrected chi connectivity index (χ4v) is 4.89. The molecule has 2 amide bonds. The van der Waals surface area contributed by atoms with Gasteiger partial charge in [-0.2, -0.15) is 12.6 Å². The molecule has 2 N–H and O–H groups in total.